The molecule has 3 heteroatoms. The minimum absolute atomic E-state index is 0.658. The maximum absolute atomic E-state index is 9.31. The summed E-state index contributed by atoms with van der Waals surface area (Å²) < 4.78 is 1.78. The van der Waals surface area contributed by atoms with E-state index in [4.69, 9.17) is 0 Å². The van der Waals surface area contributed by atoms with E-state index in [0.29, 0.717) is 5.56 Å². The lowest BCUT2D eigenvalue weighted by Gasteiger charge is -2.06. The second-order valence-electron chi connectivity index (χ2n) is 4.78. The van der Waals surface area contributed by atoms with E-state index in [9.17, 15) is 5.26 Å². The molecule has 0 amide bonds. The Labute approximate surface area is 117 Å². The zero-order valence-electron chi connectivity index (χ0n) is 11.2. The number of rotatable bonds is 2. The molecule has 0 aliphatic heterocycles. The third-order valence-electron chi connectivity index (χ3n) is 3.31. The van der Waals surface area contributed by atoms with Crippen LogP contribution in [0.25, 0.3) is 22.0 Å². The predicted octanol–water partition coefficient (Wildman–Crippen LogP) is 3.93. The Hall–Kier alpha value is -2.86. The highest BCUT2D eigenvalue weighted by atomic mass is 15.3. The Morgan fingerprint density at radius 2 is 2.10 bits per heavy atom. The number of nitriles is 1. The molecule has 96 valence electrons. The van der Waals surface area contributed by atoms with Crippen LogP contribution in [-0.2, 0) is 0 Å². The van der Waals surface area contributed by atoms with E-state index in [0.717, 1.165) is 27.6 Å². The molecule has 0 bridgehead atoms. The van der Waals surface area contributed by atoms with Crippen molar-refractivity contribution in [3.63, 3.8) is 0 Å². The smallest absolute Gasteiger partial charge is 0.0998 e. The molecule has 0 spiro atoms. The molecule has 1 aromatic heterocycles. The van der Waals surface area contributed by atoms with Crippen LogP contribution < -0.4 is 0 Å². The van der Waals surface area contributed by atoms with E-state index in [1.165, 1.54) is 0 Å². The molecule has 2 aromatic carbocycles. The largest absolute Gasteiger partial charge is 0.240 e. The van der Waals surface area contributed by atoms with Crippen LogP contribution in [0, 0.1) is 11.3 Å². The summed E-state index contributed by atoms with van der Waals surface area (Å²) in [6, 6.07) is 14.0. The Morgan fingerprint density at radius 3 is 2.80 bits per heavy atom. The van der Waals surface area contributed by atoms with E-state index in [1.807, 2.05) is 49.5 Å². The molecule has 0 radical (unpaired) electrons. The molecule has 0 aliphatic rings. The first kappa shape index (κ1) is 12.2. The molecule has 0 N–H and O–H groups in total. The van der Waals surface area contributed by atoms with Crippen LogP contribution in [0.15, 0.2) is 55.4 Å². The number of hydrogen-bond acceptors (Lipinski definition) is 2. The van der Waals surface area contributed by atoms with Gasteiger partial charge in [0.1, 0.15) is 0 Å². The van der Waals surface area contributed by atoms with Crippen LogP contribution in [-0.4, -0.2) is 9.78 Å². The van der Waals surface area contributed by atoms with Gasteiger partial charge in [0.2, 0.25) is 0 Å². The molecule has 3 rings (SSSR count). The number of nitrogens with zero attached hydrogens (tertiary/aromatic N) is 3. The summed E-state index contributed by atoms with van der Waals surface area (Å²) in [6.45, 7) is 5.86. The lowest BCUT2D eigenvalue weighted by molar-refractivity contribution is 0.881. The van der Waals surface area contributed by atoms with Crippen molar-refractivity contribution in [2.45, 2.75) is 6.92 Å². The maximum Gasteiger partial charge on any atom is 0.0998 e. The second-order valence-corrected chi connectivity index (χ2v) is 4.78. The zero-order chi connectivity index (χ0) is 14.1. The fourth-order valence-corrected chi connectivity index (χ4v) is 2.20. The highest BCUT2D eigenvalue weighted by molar-refractivity contribution is 5.89. The van der Waals surface area contributed by atoms with Gasteiger partial charge in [0.25, 0.3) is 0 Å². The van der Waals surface area contributed by atoms with Crippen molar-refractivity contribution in [1.29, 1.82) is 5.26 Å². The molecule has 3 aromatic rings. The topological polar surface area (TPSA) is 41.6 Å². The normalized spacial score (nSPS) is 10.4. The van der Waals surface area contributed by atoms with E-state index in [1.54, 1.807) is 10.9 Å². The number of benzene rings is 2. The van der Waals surface area contributed by atoms with Gasteiger partial charge in [-0.2, -0.15) is 10.4 Å². The molecule has 0 unspecified atom stereocenters. The molecule has 0 atom stereocenters. The van der Waals surface area contributed by atoms with Crippen LogP contribution in [0.4, 0.5) is 0 Å². The van der Waals surface area contributed by atoms with Crippen molar-refractivity contribution in [1.82, 2.24) is 9.78 Å². The van der Waals surface area contributed by atoms with Crippen LogP contribution in [0.3, 0.4) is 0 Å². The zero-order valence-corrected chi connectivity index (χ0v) is 11.2. The van der Waals surface area contributed by atoms with Crippen molar-refractivity contribution in [3.8, 4) is 11.8 Å². The molecule has 1 heterocycles. The molecule has 3 nitrogen and oxygen atoms in total. The van der Waals surface area contributed by atoms with Gasteiger partial charge in [-0.1, -0.05) is 30.8 Å². The summed E-state index contributed by atoms with van der Waals surface area (Å²) in [7, 11) is 0. The van der Waals surface area contributed by atoms with Crippen LogP contribution in [0.1, 0.15) is 18.1 Å². The van der Waals surface area contributed by atoms with Gasteiger partial charge < -0.3 is 0 Å². The van der Waals surface area contributed by atoms with Crippen molar-refractivity contribution in [3.05, 3.63) is 66.5 Å². The maximum atomic E-state index is 9.31. The second kappa shape index (κ2) is 4.67. The summed E-state index contributed by atoms with van der Waals surface area (Å²) in [5.41, 5.74) is 3.51. The van der Waals surface area contributed by atoms with Gasteiger partial charge in [-0.15, -0.1) is 0 Å². The molecular weight excluding hydrogens is 246 g/mol. The number of hydrogen-bond donors (Lipinski definition) is 0. The molecule has 0 aliphatic carbocycles. The van der Waals surface area contributed by atoms with Gasteiger partial charge >= 0.3 is 0 Å². The van der Waals surface area contributed by atoms with E-state index in [-0.39, 0.29) is 0 Å². The predicted molar refractivity (Wildman–Crippen MR) is 80.5 cm³/mol. The monoisotopic (exact) mass is 259 g/mol. The number of allylic oxidation sites excluding steroid dienone is 1. The summed E-state index contributed by atoms with van der Waals surface area (Å²) in [5.74, 6) is 0. The minimum atomic E-state index is 0.658. The van der Waals surface area contributed by atoms with Gasteiger partial charge in [0, 0.05) is 11.8 Å². The average Bonchev–Trinajstić information content (AvgIpc) is 2.96. The van der Waals surface area contributed by atoms with Gasteiger partial charge in [-0.3, -0.25) is 0 Å². The highest BCUT2D eigenvalue weighted by Crippen LogP contribution is 2.23. The summed E-state index contributed by atoms with van der Waals surface area (Å²) in [5, 5.41) is 15.6. The van der Waals surface area contributed by atoms with Crippen molar-refractivity contribution < 1.29 is 0 Å². The molecule has 0 fully saturated rings. The van der Waals surface area contributed by atoms with Crippen molar-refractivity contribution in [2.75, 3.05) is 0 Å². The van der Waals surface area contributed by atoms with Gasteiger partial charge in [0.15, 0.2) is 0 Å². The summed E-state index contributed by atoms with van der Waals surface area (Å²) >= 11 is 0. The first-order valence-electron chi connectivity index (χ1n) is 6.33. The van der Waals surface area contributed by atoms with Gasteiger partial charge in [0.05, 0.1) is 23.5 Å². The first-order chi connectivity index (χ1) is 9.69. The third kappa shape index (κ3) is 1.98. The molecule has 0 saturated carbocycles. The van der Waals surface area contributed by atoms with Gasteiger partial charge in [-0.05, 0) is 35.4 Å². The standard InChI is InChI=1S/C17H13N3/c1-12(2)15-10-19-20(11-15)16-7-13-5-3-4-6-17(13)14(8-16)9-18/h3-8,10-11H,1H2,2H3. The van der Waals surface area contributed by atoms with Crippen LogP contribution in [0.5, 0.6) is 0 Å². The quantitative estimate of drug-likeness (QED) is 0.699. The number of aromatic nitrogens is 2. The van der Waals surface area contributed by atoms with Crippen molar-refractivity contribution >= 4 is 16.3 Å². The molecular formula is C17H13N3. The highest BCUT2D eigenvalue weighted by Gasteiger charge is 2.06. The third-order valence-corrected chi connectivity index (χ3v) is 3.31. The molecule has 0 saturated heterocycles. The Kier molecular flexibility index (Phi) is 2.85. The Bertz CT molecular complexity index is 850. The van der Waals surface area contributed by atoms with E-state index >= 15 is 0 Å². The first-order valence-corrected chi connectivity index (χ1v) is 6.33. The average molecular weight is 259 g/mol. The van der Waals surface area contributed by atoms with E-state index in [2.05, 4.69) is 17.7 Å². The van der Waals surface area contributed by atoms with Crippen LogP contribution in [0.2, 0.25) is 0 Å². The Balaban J connectivity index is 2.21. The summed E-state index contributed by atoms with van der Waals surface area (Å²) in [4.78, 5) is 0. The van der Waals surface area contributed by atoms with Crippen molar-refractivity contribution in [2.24, 2.45) is 0 Å². The van der Waals surface area contributed by atoms with Crippen LogP contribution >= 0.6 is 0 Å². The lowest BCUT2D eigenvalue weighted by atomic mass is 10.0. The lowest BCUT2D eigenvalue weighted by Crippen LogP contribution is -1.95. The van der Waals surface area contributed by atoms with E-state index < -0.39 is 0 Å². The fourth-order valence-electron chi connectivity index (χ4n) is 2.20. The van der Waals surface area contributed by atoms with Gasteiger partial charge in [-0.25, -0.2) is 4.68 Å². The number of fused-ring (bicyclic) bond motifs is 1. The SMILES string of the molecule is C=C(C)c1cnn(-c2cc(C#N)c3ccccc3c2)c1. The molecule has 20 heavy (non-hydrogen) atoms. The Morgan fingerprint density at radius 1 is 1.30 bits per heavy atom. The minimum Gasteiger partial charge on any atom is -0.240 e. The fraction of sp³-hybridized carbons (Fsp3) is 0.0588. The summed E-state index contributed by atoms with van der Waals surface area (Å²) in [6.07, 6.45) is 3.71.